The maximum Gasteiger partial charge on any atom is 0.355 e. The van der Waals surface area contributed by atoms with Gasteiger partial charge in [0.05, 0.1) is 5.57 Å². The number of carbonyl (C=O) groups is 1. The van der Waals surface area contributed by atoms with Crippen molar-refractivity contribution in [2.24, 2.45) is 5.90 Å². The average Bonchev–Trinajstić information content (AvgIpc) is 2.02. The fourth-order valence-electron chi connectivity index (χ4n) is 0.496. The van der Waals surface area contributed by atoms with Crippen LogP contribution in [0.15, 0.2) is 24.0 Å². The van der Waals surface area contributed by atoms with Crippen molar-refractivity contribution in [3.05, 3.63) is 24.0 Å². The SMILES string of the molecule is C=CCC(O)=C(C)C(=O)ON. The van der Waals surface area contributed by atoms with E-state index in [9.17, 15) is 4.79 Å². The minimum atomic E-state index is -0.732. The summed E-state index contributed by atoms with van der Waals surface area (Å²) < 4.78 is 0. The molecule has 0 saturated carbocycles. The number of aliphatic hydroxyl groups excluding tert-OH is 1. The Morgan fingerprint density at radius 1 is 1.82 bits per heavy atom. The van der Waals surface area contributed by atoms with Crippen molar-refractivity contribution in [3.8, 4) is 0 Å². The van der Waals surface area contributed by atoms with Gasteiger partial charge in [-0.3, -0.25) is 0 Å². The van der Waals surface area contributed by atoms with Gasteiger partial charge in [-0.15, -0.1) is 6.58 Å². The van der Waals surface area contributed by atoms with Crippen molar-refractivity contribution in [3.63, 3.8) is 0 Å². The molecule has 11 heavy (non-hydrogen) atoms. The van der Waals surface area contributed by atoms with Gasteiger partial charge in [0.15, 0.2) is 0 Å². The van der Waals surface area contributed by atoms with Crippen molar-refractivity contribution in [1.82, 2.24) is 0 Å². The molecule has 0 atom stereocenters. The van der Waals surface area contributed by atoms with E-state index in [1.165, 1.54) is 13.0 Å². The lowest BCUT2D eigenvalue weighted by atomic mass is 10.2. The molecule has 0 aliphatic rings. The molecule has 0 aliphatic carbocycles. The van der Waals surface area contributed by atoms with Gasteiger partial charge in [-0.05, 0) is 6.92 Å². The number of carbonyl (C=O) groups excluding carboxylic acids is 1. The number of hydrogen-bond acceptors (Lipinski definition) is 4. The maximum absolute atomic E-state index is 10.6. The predicted octanol–water partition coefficient (Wildman–Crippen LogP) is 0.811. The molecular formula is C7H11NO3. The van der Waals surface area contributed by atoms with Crippen LogP contribution in [0.4, 0.5) is 0 Å². The molecule has 0 aromatic rings. The van der Waals surface area contributed by atoms with E-state index in [2.05, 4.69) is 17.3 Å². The van der Waals surface area contributed by atoms with Gasteiger partial charge < -0.3 is 9.94 Å². The molecule has 0 radical (unpaired) electrons. The summed E-state index contributed by atoms with van der Waals surface area (Å²) in [5.74, 6) is 3.78. The molecule has 0 saturated heterocycles. The summed E-state index contributed by atoms with van der Waals surface area (Å²) in [6, 6.07) is 0. The van der Waals surface area contributed by atoms with Crippen molar-refractivity contribution < 1.29 is 14.7 Å². The molecule has 0 bridgehead atoms. The fraction of sp³-hybridized carbons (Fsp3) is 0.286. The van der Waals surface area contributed by atoms with E-state index in [0.717, 1.165) is 0 Å². The molecule has 0 aromatic carbocycles. The number of rotatable bonds is 3. The molecular weight excluding hydrogens is 146 g/mol. The van der Waals surface area contributed by atoms with Crippen LogP contribution in [-0.2, 0) is 9.63 Å². The third-order valence-corrected chi connectivity index (χ3v) is 1.18. The third-order valence-electron chi connectivity index (χ3n) is 1.18. The van der Waals surface area contributed by atoms with Crippen molar-refractivity contribution in [1.29, 1.82) is 0 Å². The first kappa shape index (κ1) is 9.71. The highest BCUT2D eigenvalue weighted by molar-refractivity contribution is 5.87. The normalized spacial score (nSPS) is 11.8. The molecule has 4 nitrogen and oxygen atoms in total. The topological polar surface area (TPSA) is 72.5 Å². The minimum Gasteiger partial charge on any atom is -0.511 e. The standard InChI is InChI=1S/C7H11NO3/c1-3-4-6(9)5(2)7(10)11-8/h3,9H,1,4,8H2,2H3. The Labute approximate surface area is 64.9 Å². The lowest BCUT2D eigenvalue weighted by molar-refractivity contribution is -0.139. The van der Waals surface area contributed by atoms with Gasteiger partial charge in [0.25, 0.3) is 0 Å². The largest absolute Gasteiger partial charge is 0.511 e. The van der Waals surface area contributed by atoms with Gasteiger partial charge in [0.1, 0.15) is 5.76 Å². The minimum absolute atomic E-state index is 0.0737. The molecule has 0 spiro atoms. The van der Waals surface area contributed by atoms with Gasteiger partial charge in [-0.1, -0.05) is 6.08 Å². The van der Waals surface area contributed by atoms with Crippen LogP contribution in [0, 0.1) is 0 Å². The van der Waals surface area contributed by atoms with Gasteiger partial charge in [-0.2, -0.15) is 5.90 Å². The second kappa shape index (κ2) is 4.51. The van der Waals surface area contributed by atoms with E-state index in [4.69, 9.17) is 5.11 Å². The second-order valence-electron chi connectivity index (χ2n) is 1.97. The Balaban J connectivity index is 4.37. The van der Waals surface area contributed by atoms with Crippen LogP contribution < -0.4 is 5.90 Å². The Morgan fingerprint density at radius 3 is 2.73 bits per heavy atom. The fourth-order valence-corrected chi connectivity index (χ4v) is 0.496. The van der Waals surface area contributed by atoms with Crippen LogP contribution in [0.25, 0.3) is 0 Å². The monoisotopic (exact) mass is 157 g/mol. The summed E-state index contributed by atoms with van der Waals surface area (Å²) >= 11 is 0. The molecule has 0 amide bonds. The second-order valence-corrected chi connectivity index (χ2v) is 1.97. The van der Waals surface area contributed by atoms with E-state index in [1.807, 2.05) is 0 Å². The van der Waals surface area contributed by atoms with Crippen LogP contribution in [-0.4, -0.2) is 11.1 Å². The zero-order chi connectivity index (χ0) is 8.85. The summed E-state index contributed by atoms with van der Waals surface area (Å²) in [6.45, 7) is 4.82. The molecule has 3 N–H and O–H groups in total. The summed E-state index contributed by atoms with van der Waals surface area (Å²) in [4.78, 5) is 14.5. The summed E-state index contributed by atoms with van der Waals surface area (Å²) in [6.07, 6.45) is 1.71. The number of hydrogen-bond donors (Lipinski definition) is 2. The molecule has 0 aliphatic heterocycles. The Kier molecular flexibility index (Phi) is 3.98. The Hall–Kier alpha value is -1.29. The molecule has 62 valence electrons. The molecule has 0 aromatic heterocycles. The van der Waals surface area contributed by atoms with E-state index in [1.54, 1.807) is 0 Å². The highest BCUT2D eigenvalue weighted by Gasteiger charge is 2.08. The number of allylic oxidation sites excluding steroid dienone is 1. The Morgan fingerprint density at radius 2 is 2.36 bits per heavy atom. The van der Waals surface area contributed by atoms with Gasteiger partial charge >= 0.3 is 5.97 Å². The van der Waals surface area contributed by atoms with E-state index < -0.39 is 5.97 Å². The van der Waals surface area contributed by atoms with E-state index in [0.29, 0.717) is 0 Å². The van der Waals surface area contributed by atoms with Crippen LogP contribution in [0.5, 0.6) is 0 Å². The van der Waals surface area contributed by atoms with E-state index in [-0.39, 0.29) is 17.8 Å². The summed E-state index contributed by atoms with van der Waals surface area (Å²) in [7, 11) is 0. The van der Waals surface area contributed by atoms with E-state index >= 15 is 0 Å². The zero-order valence-corrected chi connectivity index (χ0v) is 6.33. The summed E-state index contributed by atoms with van der Waals surface area (Å²) in [5.41, 5.74) is 0.104. The van der Waals surface area contributed by atoms with Gasteiger partial charge in [0.2, 0.25) is 0 Å². The first-order chi connectivity index (χ1) is 5.13. The lowest BCUT2D eigenvalue weighted by Crippen LogP contribution is -2.12. The average molecular weight is 157 g/mol. The third kappa shape index (κ3) is 2.86. The highest BCUT2D eigenvalue weighted by Crippen LogP contribution is 2.05. The molecule has 0 heterocycles. The van der Waals surface area contributed by atoms with Crippen molar-refractivity contribution in [2.45, 2.75) is 13.3 Å². The van der Waals surface area contributed by atoms with Crippen LogP contribution in [0.1, 0.15) is 13.3 Å². The molecule has 0 unspecified atom stereocenters. The molecule has 0 rings (SSSR count). The van der Waals surface area contributed by atoms with Gasteiger partial charge in [-0.25, -0.2) is 4.79 Å². The highest BCUT2D eigenvalue weighted by atomic mass is 16.7. The smallest absolute Gasteiger partial charge is 0.355 e. The Bertz CT molecular complexity index is 196. The van der Waals surface area contributed by atoms with Crippen molar-refractivity contribution >= 4 is 5.97 Å². The first-order valence-corrected chi connectivity index (χ1v) is 3.04. The molecule has 4 heteroatoms. The summed E-state index contributed by atoms with van der Waals surface area (Å²) in [5, 5.41) is 9.07. The maximum atomic E-state index is 10.6. The lowest BCUT2D eigenvalue weighted by Gasteiger charge is -2.00. The quantitative estimate of drug-likeness (QED) is 0.275. The van der Waals surface area contributed by atoms with Crippen LogP contribution in [0.3, 0.4) is 0 Å². The first-order valence-electron chi connectivity index (χ1n) is 3.04. The number of nitrogens with two attached hydrogens (primary N) is 1. The van der Waals surface area contributed by atoms with Gasteiger partial charge in [0, 0.05) is 6.42 Å². The zero-order valence-electron chi connectivity index (χ0n) is 6.33. The predicted molar refractivity (Wildman–Crippen MR) is 40.4 cm³/mol. The van der Waals surface area contributed by atoms with Crippen molar-refractivity contribution in [2.75, 3.05) is 0 Å². The molecule has 0 fully saturated rings. The van der Waals surface area contributed by atoms with Crippen LogP contribution >= 0.6 is 0 Å². The number of aliphatic hydroxyl groups is 1. The van der Waals surface area contributed by atoms with Crippen LogP contribution in [0.2, 0.25) is 0 Å².